The second-order valence-corrected chi connectivity index (χ2v) is 11.3. The second kappa shape index (κ2) is 12.6. The number of carbonyl (C=O) groups excluding carboxylic acids is 1. The molecule has 226 valence electrons. The minimum Gasteiger partial charge on any atom is -0.491 e. The topological polar surface area (TPSA) is 65.4 Å². The molecule has 0 aliphatic carbocycles. The van der Waals surface area contributed by atoms with Gasteiger partial charge in [0.2, 0.25) is 0 Å². The molecule has 0 saturated carbocycles. The molecule has 5 aromatic rings. The van der Waals surface area contributed by atoms with E-state index in [1.54, 1.807) is 6.20 Å². The van der Waals surface area contributed by atoms with Crippen molar-refractivity contribution in [1.82, 2.24) is 9.55 Å². The summed E-state index contributed by atoms with van der Waals surface area (Å²) < 4.78 is 15.0. The first kappa shape index (κ1) is 29.5. The maximum atomic E-state index is 13.4. The number of anilines is 1. The predicted octanol–water partition coefficient (Wildman–Crippen LogP) is 9.13. The number of aromatic nitrogens is 2. The Hall–Kier alpha value is -4.58. The molecular weight excluding hydrogens is 546 g/mol. The number of esters is 1. The summed E-state index contributed by atoms with van der Waals surface area (Å²) in [5, 5.41) is 4.77. The molecule has 0 amide bonds. The molecule has 1 unspecified atom stereocenters. The molecule has 0 fully saturated rings. The molecule has 0 spiro atoms. The molecule has 6 heteroatoms. The highest BCUT2D eigenvalue weighted by Crippen LogP contribution is 2.51. The van der Waals surface area contributed by atoms with Crippen molar-refractivity contribution in [3.05, 3.63) is 101 Å². The number of fused-ring (bicyclic) bond motifs is 2. The zero-order valence-corrected chi connectivity index (χ0v) is 26.4. The lowest BCUT2D eigenvalue weighted by Gasteiger charge is -2.25. The molecule has 1 N–H and O–H groups in total. The number of ether oxygens (including phenoxy) is 2. The monoisotopic (exact) mass is 587 g/mol. The summed E-state index contributed by atoms with van der Waals surface area (Å²) in [6, 6.07) is 23.2. The Morgan fingerprint density at radius 2 is 1.73 bits per heavy atom. The van der Waals surface area contributed by atoms with Crippen LogP contribution in [0.15, 0.2) is 72.9 Å². The predicted molar refractivity (Wildman–Crippen MR) is 179 cm³/mol. The van der Waals surface area contributed by atoms with Gasteiger partial charge in [0, 0.05) is 58.1 Å². The number of pyridine rings is 1. The van der Waals surface area contributed by atoms with Gasteiger partial charge in [0.25, 0.3) is 0 Å². The van der Waals surface area contributed by atoms with E-state index < -0.39 is 12.1 Å². The summed E-state index contributed by atoms with van der Waals surface area (Å²) in [5.41, 5.74) is 10.8. The van der Waals surface area contributed by atoms with Crippen molar-refractivity contribution in [3.8, 4) is 28.0 Å². The van der Waals surface area contributed by atoms with Crippen LogP contribution >= 0.6 is 0 Å². The Morgan fingerprint density at radius 3 is 2.45 bits per heavy atom. The Bertz CT molecular complexity index is 1820. The van der Waals surface area contributed by atoms with Crippen molar-refractivity contribution >= 4 is 22.6 Å². The van der Waals surface area contributed by atoms with E-state index in [1.807, 2.05) is 19.1 Å². The third kappa shape index (κ3) is 4.92. The fourth-order valence-electron chi connectivity index (χ4n) is 6.82. The SMILES string of the molecule is CCCCc1cc(-c2ccnc3c2C(c2c(C)n(CC)c4ccccc24)OC3=O)c(OCC)c(NCC)c1-c1ccccc1. The average molecular weight is 588 g/mol. The van der Waals surface area contributed by atoms with E-state index in [1.165, 1.54) is 11.1 Å². The van der Waals surface area contributed by atoms with Crippen LogP contribution < -0.4 is 10.1 Å². The van der Waals surface area contributed by atoms with Gasteiger partial charge in [0.15, 0.2) is 17.5 Å². The zero-order valence-electron chi connectivity index (χ0n) is 26.4. The van der Waals surface area contributed by atoms with E-state index in [-0.39, 0.29) is 0 Å². The van der Waals surface area contributed by atoms with Gasteiger partial charge in [0.05, 0.1) is 12.3 Å². The highest BCUT2D eigenvalue weighted by Gasteiger charge is 2.40. The Kier molecular flexibility index (Phi) is 8.42. The molecule has 0 bridgehead atoms. The molecule has 2 aromatic heterocycles. The van der Waals surface area contributed by atoms with Crippen LogP contribution in [0, 0.1) is 6.92 Å². The number of nitrogens with one attached hydrogen (secondary N) is 1. The standard InChI is InChI=1S/C38H41N3O3/c1-6-10-16-26-23-29(36(43-9-4)34(39-7-2)32(26)25-17-12-11-13-18-25)27-21-22-40-35-33(27)37(44-38(35)42)31-24(5)41(8-3)30-20-15-14-19-28(30)31/h11-15,17-23,37,39H,6-10,16H2,1-5H3. The summed E-state index contributed by atoms with van der Waals surface area (Å²) >= 11 is 0. The molecule has 1 aliphatic heterocycles. The third-order valence-electron chi connectivity index (χ3n) is 8.68. The highest BCUT2D eigenvalue weighted by molar-refractivity contribution is 5.99. The molecule has 44 heavy (non-hydrogen) atoms. The van der Waals surface area contributed by atoms with Crippen LogP contribution in [0.4, 0.5) is 5.69 Å². The molecule has 1 atom stereocenters. The van der Waals surface area contributed by atoms with Crippen LogP contribution in [-0.4, -0.2) is 28.7 Å². The molecule has 6 rings (SSSR count). The number of aryl methyl sites for hydroxylation is 2. The lowest BCUT2D eigenvalue weighted by atomic mass is 9.86. The van der Waals surface area contributed by atoms with E-state index in [0.29, 0.717) is 12.3 Å². The van der Waals surface area contributed by atoms with Crippen molar-refractivity contribution in [1.29, 1.82) is 0 Å². The first-order valence-corrected chi connectivity index (χ1v) is 15.9. The highest BCUT2D eigenvalue weighted by atomic mass is 16.5. The fourth-order valence-corrected chi connectivity index (χ4v) is 6.82. The first-order chi connectivity index (χ1) is 21.5. The minimum absolute atomic E-state index is 0.370. The van der Waals surface area contributed by atoms with Gasteiger partial charge >= 0.3 is 5.97 Å². The number of carbonyl (C=O) groups is 1. The maximum absolute atomic E-state index is 13.4. The Balaban J connectivity index is 1.66. The van der Waals surface area contributed by atoms with E-state index in [9.17, 15) is 4.79 Å². The third-order valence-corrected chi connectivity index (χ3v) is 8.68. The number of benzene rings is 3. The molecule has 0 saturated heterocycles. The first-order valence-electron chi connectivity index (χ1n) is 15.9. The maximum Gasteiger partial charge on any atom is 0.358 e. The van der Waals surface area contributed by atoms with E-state index in [4.69, 9.17) is 9.47 Å². The van der Waals surface area contributed by atoms with Crippen LogP contribution in [-0.2, 0) is 17.7 Å². The van der Waals surface area contributed by atoms with Gasteiger partial charge in [-0.3, -0.25) is 0 Å². The van der Waals surface area contributed by atoms with Crippen LogP contribution in [0.25, 0.3) is 33.2 Å². The number of cyclic esters (lactones) is 1. The Labute approximate surface area is 260 Å². The van der Waals surface area contributed by atoms with Crippen molar-refractivity contribution < 1.29 is 14.3 Å². The summed E-state index contributed by atoms with van der Waals surface area (Å²) in [4.78, 5) is 18.0. The zero-order chi connectivity index (χ0) is 30.8. The molecule has 3 heterocycles. The molecule has 1 aliphatic rings. The molecule has 3 aromatic carbocycles. The molecular formula is C38H41N3O3. The van der Waals surface area contributed by atoms with Crippen molar-refractivity contribution in [2.45, 2.75) is 66.5 Å². The van der Waals surface area contributed by atoms with Gasteiger partial charge in [-0.1, -0.05) is 61.9 Å². The summed E-state index contributed by atoms with van der Waals surface area (Å²) in [6.07, 6.45) is 4.22. The van der Waals surface area contributed by atoms with Crippen LogP contribution in [0.5, 0.6) is 5.75 Å². The van der Waals surface area contributed by atoms with Crippen molar-refractivity contribution in [2.24, 2.45) is 0 Å². The van der Waals surface area contributed by atoms with Gasteiger partial charge in [0.1, 0.15) is 0 Å². The van der Waals surface area contributed by atoms with Crippen molar-refractivity contribution in [3.63, 3.8) is 0 Å². The summed E-state index contributed by atoms with van der Waals surface area (Å²) in [7, 11) is 0. The summed E-state index contributed by atoms with van der Waals surface area (Å²) in [5.74, 6) is 0.393. The van der Waals surface area contributed by atoms with E-state index in [0.717, 1.165) is 88.2 Å². The van der Waals surface area contributed by atoms with Gasteiger partial charge < -0.3 is 19.4 Å². The number of unbranched alkanes of at least 4 members (excludes halogenated alkanes) is 1. The normalized spacial score (nSPS) is 14.1. The van der Waals surface area contributed by atoms with Gasteiger partial charge in [-0.05, 0) is 75.4 Å². The second-order valence-electron chi connectivity index (χ2n) is 11.3. The molecule has 0 radical (unpaired) electrons. The van der Waals surface area contributed by atoms with Crippen molar-refractivity contribution in [2.75, 3.05) is 18.5 Å². The fraction of sp³-hybridized carbons (Fsp3) is 0.316. The smallest absolute Gasteiger partial charge is 0.358 e. The van der Waals surface area contributed by atoms with Gasteiger partial charge in [-0.25, -0.2) is 9.78 Å². The summed E-state index contributed by atoms with van der Waals surface area (Å²) in [6.45, 7) is 12.7. The largest absolute Gasteiger partial charge is 0.491 e. The van der Waals surface area contributed by atoms with Crippen LogP contribution in [0.1, 0.15) is 79.5 Å². The number of nitrogens with zero attached hydrogens (tertiary/aromatic N) is 2. The van der Waals surface area contributed by atoms with Gasteiger partial charge in [-0.15, -0.1) is 0 Å². The number of rotatable bonds is 11. The van der Waals surface area contributed by atoms with Crippen LogP contribution in [0.3, 0.4) is 0 Å². The lowest BCUT2D eigenvalue weighted by molar-refractivity contribution is 0.0453. The van der Waals surface area contributed by atoms with Gasteiger partial charge in [-0.2, -0.15) is 0 Å². The average Bonchev–Trinajstić information content (AvgIpc) is 3.53. The quantitative estimate of drug-likeness (QED) is 0.156. The minimum atomic E-state index is -0.580. The lowest BCUT2D eigenvalue weighted by Crippen LogP contribution is -2.09. The Morgan fingerprint density at radius 1 is 0.955 bits per heavy atom. The number of hydrogen-bond acceptors (Lipinski definition) is 5. The number of para-hydroxylation sites is 1. The van der Waals surface area contributed by atoms with Crippen LogP contribution in [0.2, 0.25) is 0 Å². The van der Waals surface area contributed by atoms with E-state index >= 15 is 0 Å². The number of hydrogen-bond donors (Lipinski definition) is 1. The van der Waals surface area contributed by atoms with E-state index in [2.05, 4.69) is 97.2 Å². The molecule has 6 nitrogen and oxygen atoms in total.